The molecular weight excluding hydrogens is 304 g/mol. The van der Waals surface area contributed by atoms with Gasteiger partial charge in [0.05, 0.1) is 5.69 Å². The molecule has 3 rings (SSSR count). The molecular formula is C19H26N2O3. The highest BCUT2D eigenvalue weighted by atomic mass is 16.5. The number of para-hydroxylation sites is 2. The van der Waals surface area contributed by atoms with Gasteiger partial charge in [0.25, 0.3) is 5.91 Å². The summed E-state index contributed by atoms with van der Waals surface area (Å²) in [6.45, 7) is 7.93. The van der Waals surface area contributed by atoms with Gasteiger partial charge in [-0.3, -0.25) is 14.5 Å². The molecule has 1 aromatic rings. The number of benzene rings is 1. The van der Waals surface area contributed by atoms with Crippen molar-refractivity contribution in [2.24, 2.45) is 11.8 Å². The van der Waals surface area contributed by atoms with Gasteiger partial charge in [-0.25, -0.2) is 0 Å². The van der Waals surface area contributed by atoms with E-state index in [9.17, 15) is 9.59 Å². The second kappa shape index (κ2) is 6.83. The van der Waals surface area contributed by atoms with Gasteiger partial charge in [0, 0.05) is 13.1 Å². The molecule has 24 heavy (non-hydrogen) atoms. The molecule has 0 radical (unpaired) electrons. The van der Waals surface area contributed by atoms with Crippen LogP contribution < -0.4 is 9.64 Å². The molecule has 2 amide bonds. The van der Waals surface area contributed by atoms with Crippen LogP contribution in [0.2, 0.25) is 0 Å². The van der Waals surface area contributed by atoms with E-state index in [1.54, 1.807) is 4.90 Å². The van der Waals surface area contributed by atoms with E-state index < -0.39 is 6.10 Å². The highest BCUT2D eigenvalue weighted by molar-refractivity contribution is 6.03. The van der Waals surface area contributed by atoms with Crippen molar-refractivity contribution in [2.45, 2.75) is 39.7 Å². The Morgan fingerprint density at radius 3 is 2.54 bits per heavy atom. The third kappa shape index (κ3) is 3.25. The summed E-state index contributed by atoms with van der Waals surface area (Å²) < 4.78 is 5.77. The number of hydrogen-bond donors (Lipinski definition) is 0. The van der Waals surface area contributed by atoms with Gasteiger partial charge in [-0.15, -0.1) is 0 Å². The monoisotopic (exact) mass is 330 g/mol. The van der Waals surface area contributed by atoms with Gasteiger partial charge in [0.1, 0.15) is 12.3 Å². The van der Waals surface area contributed by atoms with E-state index in [1.807, 2.05) is 36.1 Å². The maximum Gasteiger partial charge on any atom is 0.268 e. The zero-order chi connectivity index (χ0) is 17.3. The first kappa shape index (κ1) is 16.8. The van der Waals surface area contributed by atoms with Crippen molar-refractivity contribution in [3.05, 3.63) is 24.3 Å². The third-order valence-electron chi connectivity index (χ3n) is 4.85. The lowest BCUT2D eigenvalue weighted by molar-refractivity contribution is -0.135. The number of carbonyl (C=O) groups excluding carboxylic acids is 2. The van der Waals surface area contributed by atoms with Gasteiger partial charge in [0.15, 0.2) is 6.10 Å². The van der Waals surface area contributed by atoms with Crippen LogP contribution in [0.1, 0.15) is 33.6 Å². The number of anilines is 1. The van der Waals surface area contributed by atoms with E-state index in [4.69, 9.17) is 4.74 Å². The molecule has 2 heterocycles. The number of nitrogens with zero attached hydrogens (tertiary/aromatic N) is 2. The summed E-state index contributed by atoms with van der Waals surface area (Å²) in [6, 6.07) is 7.44. The second-order valence-corrected chi connectivity index (χ2v) is 7.15. The molecule has 0 N–H and O–H groups in total. The molecule has 0 aromatic heterocycles. The first-order valence-electron chi connectivity index (χ1n) is 8.84. The van der Waals surface area contributed by atoms with Crippen LogP contribution >= 0.6 is 0 Å². The average molecular weight is 330 g/mol. The minimum absolute atomic E-state index is 0.0216. The fraction of sp³-hybridized carbons (Fsp3) is 0.579. The second-order valence-electron chi connectivity index (χ2n) is 7.15. The number of likely N-dealkylation sites (tertiary alicyclic amines) is 1. The van der Waals surface area contributed by atoms with Crippen LogP contribution in [0, 0.1) is 11.8 Å². The lowest BCUT2D eigenvalue weighted by Crippen LogP contribution is -2.52. The number of carbonyl (C=O) groups is 2. The predicted molar refractivity (Wildman–Crippen MR) is 93.0 cm³/mol. The van der Waals surface area contributed by atoms with Crippen molar-refractivity contribution < 1.29 is 14.3 Å². The SMILES string of the molecule is CC[C@H]1Oc2ccccc2N(CC(=O)N2C[C@H](C)C[C@H](C)C2)C1=O. The Hall–Kier alpha value is -2.04. The first-order chi connectivity index (χ1) is 11.5. The molecule has 5 nitrogen and oxygen atoms in total. The van der Waals surface area contributed by atoms with Crippen molar-refractivity contribution in [1.82, 2.24) is 4.90 Å². The largest absolute Gasteiger partial charge is 0.478 e. The van der Waals surface area contributed by atoms with Gasteiger partial charge in [0.2, 0.25) is 5.91 Å². The molecule has 0 bridgehead atoms. The van der Waals surface area contributed by atoms with Crippen LogP contribution in [-0.2, 0) is 9.59 Å². The van der Waals surface area contributed by atoms with Crippen LogP contribution in [0.4, 0.5) is 5.69 Å². The van der Waals surface area contributed by atoms with Crippen molar-refractivity contribution in [3.63, 3.8) is 0 Å². The Morgan fingerprint density at radius 2 is 1.88 bits per heavy atom. The lowest BCUT2D eigenvalue weighted by atomic mass is 9.92. The predicted octanol–water partition coefficient (Wildman–Crippen LogP) is 2.70. The third-order valence-corrected chi connectivity index (χ3v) is 4.85. The minimum atomic E-state index is -0.507. The smallest absolute Gasteiger partial charge is 0.268 e. The first-order valence-corrected chi connectivity index (χ1v) is 8.84. The van der Waals surface area contributed by atoms with E-state index in [1.165, 1.54) is 0 Å². The minimum Gasteiger partial charge on any atom is -0.478 e. The van der Waals surface area contributed by atoms with E-state index in [0.717, 1.165) is 19.5 Å². The maximum absolute atomic E-state index is 12.8. The summed E-state index contributed by atoms with van der Waals surface area (Å²) in [7, 11) is 0. The van der Waals surface area contributed by atoms with E-state index in [0.29, 0.717) is 29.7 Å². The Labute approximate surface area is 143 Å². The van der Waals surface area contributed by atoms with Crippen molar-refractivity contribution in [1.29, 1.82) is 0 Å². The molecule has 0 aliphatic carbocycles. The van der Waals surface area contributed by atoms with Crippen LogP contribution in [-0.4, -0.2) is 42.5 Å². The summed E-state index contributed by atoms with van der Waals surface area (Å²) in [5.74, 6) is 1.59. The number of hydrogen-bond acceptors (Lipinski definition) is 3. The maximum atomic E-state index is 12.8. The topological polar surface area (TPSA) is 49.9 Å². The Kier molecular flexibility index (Phi) is 4.78. The fourth-order valence-corrected chi connectivity index (χ4v) is 3.80. The van der Waals surface area contributed by atoms with Gasteiger partial charge in [-0.1, -0.05) is 32.9 Å². The summed E-state index contributed by atoms with van der Waals surface area (Å²) in [6.07, 6.45) is 1.24. The highest BCUT2D eigenvalue weighted by Crippen LogP contribution is 2.34. The molecule has 2 aliphatic rings. The fourth-order valence-electron chi connectivity index (χ4n) is 3.80. The Bertz CT molecular complexity index is 621. The van der Waals surface area contributed by atoms with Gasteiger partial charge >= 0.3 is 0 Å². The van der Waals surface area contributed by atoms with Crippen molar-refractivity contribution >= 4 is 17.5 Å². The number of piperidine rings is 1. The lowest BCUT2D eigenvalue weighted by Gasteiger charge is -2.38. The van der Waals surface area contributed by atoms with Crippen LogP contribution in [0.25, 0.3) is 0 Å². The highest BCUT2D eigenvalue weighted by Gasteiger charge is 2.35. The number of fused-ring (bicyclic) bond motifs is 1. The summed E-state index contributed by atoms with van der Waals surface area (Å²) in [5.41, 5.74) is 0.693. The quantitative estimate of drug-likeness (QED) is 0.856. The standard InChI is InChI=1S/C19H26N2O3/c1-4-16-19(23)21(15-7-5-6-8-17(15)24-16)12-18(22)20-10-13(2)9-14(3)11-20/h5-8,13-14,16H,4,9-12H2,1-3H3/t13-,14+,16-/m1/s1. The molecule has 0 unspecified atom stereocenters. The van der Waals surface area contributed by atoms with Gasteiger partial charge < -0.3 is 9.64 Å². The summed E-state index contributed by atoms with van der Waals surface area (Å²) >= 11 is 0. The molecule has 3 atom stereocenters. The molecule has 1 saturated heterocycles. The molecule has 5 heteroatoms. The van der Waals surface area contributed by atoms with Crippen LogP contribution in [0.3, 0.4) is 0 Å². The van der Waals surface area contributed by atoms with Gasteiger partial charge in [-0.2, -0.15) is 0 Å². The van der Waals surface area contributed by atoms with Crippen LogP contribution in [0.5, 0.6) is 5.75 Å². The molecule has 130 valence electrons. The van der Waals surface area contributed by atoms with E-state index in [-0.39, 0.29) is 18.4 Å². The molecule has 0 spiro atoms. The average Bonchev–Trinajstić information content (AvgIpc) is 2.56. The molecule has 2 aliphatic heterocycles. The zero-order valence-corrected chi connectivity index (χ0v) is 14.7. The molecule has 0 saturated carbocycles. The normalized spacial score (nSPS) is 26.8. The van der Waals surface area contributed by atoms with Crippen LogP contribution in [0.15, 0.2) is 24.3 Å². The number of amides is 2. The van der Waals surface area contributed by atoms with Crippen molar-refractivity contribution in [3.8, 4) is 5.75 Å². The Balaban J connectivity index is 1.80. The Morgan fingerprint density at radius 1 is 1.21 bits per heavy atom. The number of ether oxygens (including phenoxy) is 1. The van der Waals surface area contributed by atoms with E-state index in [2.05, 4.69) is 13.8 Å². The summed E-state index contributed by atoms with van der Waals surface area (Å²) in [5, 5.41) is 0. The van der Waals surface area contributed by atoms with E-state index >= 15 is 0 Å². The molecule has 1 aromatic carbocycles. The zero-order valence-electron chi connectivity index (χ0n) is 14.7. The van der Waals surface area contributed by atoms with Gasteiger partial charge in [-0.05, 0) is 36.8 Å². The van der Waals surface area contributed by atoms with Crippen molar-refractivity contribution in [2.75, 3.05) is 24.5 Å². The molecule has 1 fully saturated rings. The number of rotatable bonds is 3. The summed E-state index contributed by atoms with van der Waals surface area (Å²) in [4.78, 5) is 29.0.